The van der Waals surface area contributed by atoms with E-state index in [-0.39, 0.29) is 5.82 Å². The van der Waals surface area contributed by atoms with E-state index in [1.165, 1.54) is 12.1 Å². The third-order valence-electron chi connectivity index (χ3n) is 2.91. The highest BCUT2D eigenvalue weighted by Gasteiger charge is 2.16. The van der Waals surface area contributed by atoms with Gasteiger partial charge in [-0.15, -0.1) is 0 Å². The normalized spacial score (nSPS) is 11.2. The smallest absolute Gasteiger partial charge is 0.131 e. The standard InChI is InChI=1S/C14H16ClFN2/c1-9(2)13-10(3)17-18(14(13)15)8-11-5-4-6-12(16)7-11/h4-7,9H,8H2,1-3H3. The van der Waals surface area contributed by atoms with Crippen molar-refractivity contribution in [1.29, 1.82) is 0 Å². The topological polar surface area (TPSA) is 17.8 Å². The molecule has 0 unspecified atom stereocenters. The molecule has 18 heavy (non-hydrogen) atoms. The summed E-state index contributed by atoms with van der Waals surface area (Å²) in [7, 11) is 0. The van der Waals surface area contributed by atoms with Gasteiger partial charge in [-0.2, -0.15) is 5.10 Å². The van der Waals surface area contributed by atoms with Crippen LogP contribution in [0.2, 0.25) is 5.15 Å². The van der Waals surface area contributed by atoms with Gasteiger partial charge in [0.25, 0.3) is 0 Å². The monoisotopic (exact) mass is 266 g/mol. The summed E-state index contributed by atoms with van der Waals surface area (Å²) in [5, 5.41) is 5.06. The van der Waals surface area contributed by atoms with Crippen molar-refractivity contribution < 1.29 is 4.39 Å². The lowest BCUT2D eigenvalue weighted by Gasteiger charge is -2.06. The molecule has 0 saturated heterocycles. The molecule has 0 spiro atoms. The highest BCUT2D eigenvalue weighted by atomic mass is 35.5. The molecular weight excluding hydrogens is 251 g/mol. The van der Waals surface area contributed by atoms with Crippen LogP contribution in [0.25, 0.3) is 0 Å². The van der Waals surface area contributed by atoms with Gasteiger partial charge >= 0.3 is 0 Å². The average Bonchev–Trinajstić information content (AvgIpc) is 2.54. The molecule has 0 aliphatic rings. The Balaban J connectivity index is 2.33. The Bertz CT molecular complexity index is 561. The first kappa shape index (κ1) is 13.1. The molecule has 2 nitrogen and oxygen atoms in total. The molecule has 4 heteroatoms. The van der Waals surface area contributed by atoms with Crippen LogP contribution in [-0.2, 0) is 6.54 Å². The Morgan fingerprint density at radius 2 is 2.11 bits per heavy atom. The van der Waals surface area contributed by atoms with E-state index in [1.807, 2.05) is 13.0 Å². The average molecular weight is 267 g/mol. The van der Waals surface area contributed by atoms with E-state index in [4.69, 9.17) is 11.6 Å². The molecule has 1 aromatic heterocycles. The summed E-state index contributed by atoms with van der Waals surface area (Å²) in [5.41, 5.74) is 2.86. The number of nitrogens with zero attached hydrogens (tertiary/aromatic N) is 2. The Kier molecular flexibility index (Phi) is 3.71. The first-order chi connectivity index (χ1) is 8.49. The van der Waals surface area contributed by atoms with Crippen molar-refractivity contribution in [2.24, 2.45) is 0 Å². The zero-order valence-electron chi connectivity index (χ0n) is 10.7. The summed E-state index contributed by atoms with van der Waals surface area (Å²) >= 11 is 6.32. The predicted molar refractivity (Wildman–Crippen MR) is 71.6 cm³/mol. The van der Waals surface area contributed by atoms with Crippen molar-refractivity contribution in [3.63, 3.8) is 0 Å². The Labute approximate surface area is 111 Å². The SMILES string of the molecule is Cc1nn(Cc2cccc(F)c2)c(Cl)c1C(C)C. The molecular formula is C14H16ClFN2. The van der Waals surface area contributed by atoms with Crippen LogP contribution in [0.5, 0.6) is 0 Å². The molecule has 96 valence electrons. The van der Waals surface area contributed by atoms with E-state index in [0.29, 0.717) is 17.6 Å². The van der Waals surface area contributed by atoms with Gasteiger partial charge in [0, 0.05) is 5.56 Å². The van der Waals surface area contributed by atoms with E-state index in [1.54, 1.807) is 10.7 Å². The second-order valence-corrected chi connectivity index (χ2v) is 5.09. The van der Waals surface area contributed by atoms with E-state index in [0.717, 1.165) is 16.8 Å². The van der Waals surface area contributed by atoms with Gasteiger partial charge in [-0.25, -0.2) is 9.07 Å². The van der Waals surface area contributed by atoms with E-state index < -0.39 is 0 Å². The molecule has 0 aliphatic heterocycles. The first-order valence-electron chi connectivity index (χ1n) is 5.96. The van der Waals surface area contributed by atoms with Crippen molar-refractivity contribution >= 4 is 11.6 Å². The van der Waals surface area contributed by atoms with Gasteiger partial charge in [-0.3, -0.25) is 0 Å². The largest absolute Gasteiger partial charge is 0.249 e. The number of hydrogen-bond donors (Lipinski definition) is 0. The second-order valence-electron chi connectivity index (χ2n) is 4.73. The minimum absolute atomic E-state index is 0.239. The minimum atomic E-state index is -0.239. The maximum atomic E-state index is 13.1. The van der Waals surface area contributed by atoms with Crippen LogP contribution in [0, 0.1) is 12.7 Å². The fourth-order valence-corrected chi connectivity index (χ4v) is 2.59. The molecule has 0 radical (unpaired) electrons. The van der Waals surface area contributed by atoms with Crippen LogP contribution in [0.4, 0.5) is 4.39 Å². The molecule has 0 bridgehead atoms. The lowest BCUT2D eigenvalue weighted by atomic mass is 10.1. The minimum Gasteiger partial charge on any atom is -0.249 e. The van der Waals surface area contributed by atoms with Gasteiger partial charge in [-0.1, -0.05) is 37.6 Å². The number of halogens is 2. The summed E-state index contributed by atoms with van der Waals surface area (Å²) in [6.45, 7) is 6.61. The van der Waals surface area contributed by atoms with Crippen LogP contribution < -0.4 is 0 Å². The quantitative estimate of drug-likeness (QED) is 0.816. The zero-order valence-corrected chi connectivity index (χ0v) is 11.5. The third kappa shape index (κ3) is 2.56. The van der Waals surface area contributed by atoms with Gasteiger partial charge in [0.05, 0.1) is 12.2 Å². The molecule has 0 aliphatic carbocycles. The Hall–Kier alpha value is -1.35. The van der Waals surface area contributed by atoms with Crippen molar-refractivity contribution in [2.45, 2.75) is 33.2 Å². The van der Waals surface area contributed by atoms with E-state index in [9.17, 15) is 4.39 Å². The number of rotatable bonds is 3. The Morgan fingerprint density at radius 3 is 2.67 bits per heavy atom. The Morgan fingerprint density at radius 1 is 1.39 bits per heavy atom. The highest BCUT2D eigenvalue weighted by Crippen LogP contribution is 2.27. The third-order valence-corrected chi connectivity index (χ3v) is 3.31. The van der Waals surface area contributed by atoms with Crippen LogP contribution in [-0.4, -0.2) is 9.78 Å². The van der Waals surface area contributed by atoms with Gasteiger partial charge in [0.2, 0.25) is 0 Å². The molecule has 0 fully saturated rings. The van der Waals surface area contributed by atoms with Crippen LogP contribution >= 0.6 is 11.6 Å². The van der Waals surface area contributed by atoms with Gasteiger partial charge in [0.1, 0.15) is 11.0 Å². The molecule has 1 aromatic carbocycles. The summed E-state index contributed by atoms with van der Waals surface area (Å²) in [4.78, 5) is 0. The molecule has 0 N–H and O–H groups in total. The maximum absolute atomic E-state index is 13.1. The van der Waals surface area contributed by atoms with Crippen molar-refractivity contribution in [2.75, 3.05) is 0 Å². The van der Waals surface area contributed by atoms with Crippen LogP contribution in [0.3, 0.4) is 0 Å². The molecule has 2 aromatic rings. The molecule has 1 heterocycles. The number of hydrogen-bond acceptors (Lipinski definition) is 1. The van der Waals surface area contributed by atoms with Crippen molar-refractivity contribution in [1.82, 2.24) is 9.78 Å². The summed E-state index contributed by atoms with van der Waals surface area (Å²) < 4.78 is 14.8. The fraction of sp³-hybridized carbons (Fsp3) is 0.357. The van der Waals surface area contributed by atoms with Crippen LogP contribution in [0.1, 0.15) is 36.6 Å². The lowest BCUT2D eigenvalue weighted by molar-refractivity contribution is 0.618. The van der Waals surface area contributed by atoms with Gasteiger partial charge < -0.3 is 0 Å². The molecule has 0 atom stereocenters. The highest BCUT2D eigenvalue weighted by molar-refractivity contribution is 6.30. The zero-order chi connectivity index (χ0) is 13.3. The van der Waals surface area contributed by atoms with E-state index in [2.05, 4.69) is 18.9 Å². The molecule has 0 amide bonds. The first-order valence-corrected chi connectivity index (χ1v) is 6.34. The predicted octanol–water partition coefficient (Wildman–Crippen LogP) is 4.16. The van der Waals surface area contributed by atoms with Gasteiger partial charge in [-0.05, 0) is 30.5 Å². The number of aromatic nitrogens is 2. The van der Waals surface area contributed by atoms with Crippen LogP contribution in [0.15, 0.2) is 24.3 Å². The van der Waals surface area contributed by atoms with E-state index >= 15 is 0 Å². The summed E-state index contributed by atoms with van der Waals surface area (Å²) in [6, 6.07) is 6.49. The number of benzene rings is 1. The van der Waals surface area contributed by atoms with Crippen molar-refractivity contribution in [3.8, 4) is 0 Å². The maximum Gasteiger partial charge on any atom is 0.131 e. The summed E-state index contributed by atoms with van der Waals surface area (Å²) in [6.07, 6.45) is 0. The fourth-order valence-electron chi connectivity index (χ4n) is 2.14. The van der Waals surface area contributed by atoms with Gasteiger partial charge in [0.15, 0.2) is 0 Å². The summed E-state index contributed by atoms with van der Waals surface area (Å²) in [5.74, 6) is 0.0929. The number of aryl methyl sites for hydroxylation is 1. The molecule has 2 rings (SSSR count). The lowest BCUT2D eigenvalue weighted by Crippen LogP contribution is -2.02. The second kappa shape index (κ2) is 5.11. The van der Waals surface area contributed by atoms with Crippen molar-refractivity contribution in [3.05, 3.63) is 52.1 Å². The molecule has 0 saturated carbocycles.